The lowest BCUT2D eigenvalue weighted by atomic mass is 10.0. The quantitative estimate of drug-likeness (QED) is 0.168. The van der Waals surface area contributed by atoms with Crippen LogP contribution in [-0.4, -0.2) is 24.1 Å². The summed E-state index contributed by atoms with van der Waals surface area (Å²) >= 11 is 0. The molecule has 6 nitrogen and oxygen atoms in total. The molecule has 0 saturated heterocycles. The van der Waals surface area contributed by atoms with E-state index >= 15 is 0 Å². The van der Waals surface area contributed by atoms with Crippen LogP contribution in [0.3, 0.4) is 0 Å². The summed E-state index contributed by atoms with van der Waals surface area (Å²) < 4.78 is 11.3. The summed E-state index contributed by atoms with van der Waals surface area (Å²) in [5.74, 6) is 1.80. The molecule has 0 bridgehead atoms. The molecule has 9 aromatic carbocycles. The fourth-order valence-electron chi connectivity index (χ4n) is 9.54. The Labute approximate surface area is 361 Å². The minimum atomic E-state index is 0.579. The van der Waals surface area contributed by atoms with Crippen molar-refractivity contribution in [1.82, 2.24) is 24.1 Å². The lowest BCUT2D eigenvalue weighted by Gasteiger charge is -2.16. The summed E-state index contributed by atoms with van der Waals surface area (Å²) in [4.78, 5) is 15.5. The van der Waals surface area contributed by atoms with Gasteiger partial charge in [-0.3, -0.25) is 0 Å². The molecule has 0 aliphatic heterocycles. The van der Waals surface area contributed by atoms with E-state index in [9.17, 15) is 0 Å². The number of benzene rings is 9. The van der Waals surface area contributed by atoms with E-state index in [4.69, 9.17) is 19.4 Å². The zero-order valence-electron chi connectivity index (χ0n) is 33.9. The topological polar surface area (TPSA) is 61.7 Å². The van der Waals surface area contributed by atoms with E-state index in [1.165, 1.54) is 21.8 Å². The Morgan fingerprint density at radius 2 is 0.794 bits per heavy atom. The Morgan fingerprint density at radius 1 is 0.317 bits per heavy atom. The average Bonchev–Trinajstić information content (AvgIpc) is 4.02. The van der Waals surface area contributed by atoms with Crippen LogP contribution in [0.1, 0.15) is 0 Å². The third-order valence-corrected chi connectivity index (χ3v) is 12.4. The minimum absolute atomic E-state index is 0.579. The normalized spacial score (nSPS) is 11.8. The van der Waals surface area contributed by atoms with Crippen molar-refractivity contribution in [1.29, 1.82) is 0 Å². The predicted octanol–water partition coefficient (Wildman–Crippen LogP) is 14.6. The number of hydrogen-bond acceptors (Lipinski definition) is 4. The predicted molar refractivity (Wildman–Crippen MR) is 258 cm³/mol. The molecule has 4 heterocycles. The molecule has 0 radical (unpaired) electrons. The van der Waals surface area contributed by atoms with Crippen LogP contribution in [0.25, 0.3) is 122 Å². The van der Waals surface area contributed by atoms with Gasteiger partial charge in [-0.2, -0.15) is 0 Å². The third kappa shape index (κ3) is 5.55. The molecular weight excluding hydrogens is 771 g/mol. The van der Waals surface area contributed by atoms with Gasteiger partial charge in [-0.05, 0) is 77.9 Å². The molecule has 0 unspecified atom stereocenters. The van der Waals surface area contributed by atoms with Crippen LogP contribution in [0.2, 0.25) is 0 Å². The first-order valence-corrected chi connectivity index (χ1v) is 21.2. The van der Waals surface area contributed by atoms with Crippen LogP contribution in [0.5, 0.6) is 0 Å². The van der Waals surface area contributed by atoms with Gasteiger partial charge in [0.05, 0.1) is 33.1 Å². The number of nitrogens with zero attached hydrogens (tertiary/aromatic N) is 5. The molecule has 63 heavy (non-hydrogen) atoms. The van der Waals surface area contributed by atoms with E-state index in [1.807, 2.05) is 72.8 Å². The van der Waals surface area contributed by atoms with Crippen LogP contribution >= 0.6 is 0 Å². The second kappa shape index (κ2) is 14.0. The molecule has 294 valence electrons. The van der Waals surface area contributed by atoms with E-state index in [2.05, 4.69) is 149 Å². The summed E-state index contributed by atoms with van der Waals surface area (Å²) in [6.45, 7) is 0. The summed E-state index contributed by atoms with van der Waals surface area (Å²) in [7, 11) is 0. The van der Waals surface area contributed by atoms with Crippen LogP contribution < -0.4 is 0 Å². The second-order valence-corrected chi connectivity index (χ2v) is 16.0. The molecule has 0 fully saturated rings. The van der Waals surface area contributed by atoms with Crippen molar-refractivity contribution in [2.75, 3.05) is 0 Å². The van der Waals surface area contributed by atoms with Gasteiger partial charge < -0.3 is 13.6 Å². The fraction of sp³-hybridized carbons (Fsp3) is 0. The Kier molecular flexibility index (Phi) is 7.80. The molecule has 0 atom stereocenters. The zero-order chi connectivity index (χ0) is 41.4. The number of rotatable bonds is 6. The zero-order valence-corrected chi connectivity index (χ0v) is 33.9. The molecule has 0 amide bonds. The van der Waals surface area contributed by atoms with E-state index in [0.29, 0.717) is 17.5 Å². The molecule has 0 spiro atoms. The summed E-state index contributed by atoms with van der Waals surface area (Å²) in [5, 5.41) is 6.77. The van der Waals surface area contributed by atoms with Crippen molar-refractivity contribution in [2.24, 2.45) is 0 Å². The molecule has 13 rings (SSSR count). The van der Waals surface area contributed by atoms with Crippen LogP contribution in [0.15, 0.2) is 217 Å². The van der Waals surface area contributed by atoms with Gasteiger partial charge >= 0.3 is 0 Å². The Hall–Kier alpha value is -8.61. The lowest BCUT2D eigenvalue weighted by Crippen LogP contribution is -2.04. The number of aromatic nitrogens is 5. The van der Waals surface area contributed by atoms with Crippen molar-refractivity contribution in [3.63, 3.8) is 0 Å². The molecule has 6 heteroatoms. The minimum Gasteiger partial charge on any atom is -0.456 e. The third-order valence-electron chi connectivity index (χ3n) is 12.4. The first kappa shape index (κ1) is 35.2. The Morgan fingerprint density at radius 3 is 1.41 bits per heavy atom. The highest BCUT2D eigenvalue weighted by Gasteiger charge is 2.25. The summed E-state index contributed by atoms with van der Waals surface area (Å²) in [6, 6.07) is 74.5. The fourth-order valence-corrected chi connectivity index (χ4v) is 9.54. The number of para-hydroxylation sites is 4. The molecule has 0 N–H and O–H groups in total. The SMILES string of the molecule is c1ccc(-c2nc(-c3ccccc3)nc(-c3ccc4oc5ccccc5c4c3-n3c4ccccc4c4cc(-c5ccc6c(c5)c5ccccc5n6-c5ccccc5)ccc43)n2)cc1. The smallest absolute Gasteiger partial charge is 0.166 e. The first-order valence-electron chi connectivity index (χ1n) is 21.2. The van der Waals surface area contributed by atoms with E-state index in [0.717, 1.165) is 82.9 Å². The van der Waals surface area contributed by atoms with Gasteiger partial charge in [0.1, 0.15) is 11.2 Å². The molecule has 4 aromatic heterocycles. The van der Waals surface area contributed by atoms with Crippen LogP contribution in [-0.2, 0) is 0 Å². The van der Waals surface area contributed by atoms with Crippen molar-refractivity contribution in [2.45, 2.75) is 0 Å². The number of fused-ring (bicyclic) bond motifs is 9. The molecule has 13 aromatic rings. The highest BCUT2D eigenvalue weighted by molar-refractivity contribution is 6.17. The van der Waals surface area contributed by atoms with Gasteiger partial charge in [0, 0.05) is 49.3 Å². The monoisotopic (exact) mass is 805 g/mol. The van der Waals surface area contributed by atoms with Crippen LogP contribution in [0.4, 0.5) is 0 Å². The van der Waals surface area contributed by atoms with E-state index in [1.54, 1.807) is 0 Å². The average molecular weight is 806 g/mol. The summed E-state index contributed by atoms with van der Waals surface area (Å²) in [6.07, 6.45) is 0. The number of furan rings is 1. The largest absolute Gasteiger partial charge is 0.456 e. The highest BCUT2D eigenvalue weighted by atomic mass is 16.3. The van der Waals surface area contributed by atoms with Gasteiger partial charge in [-0.25, -0.2) is 15.0 Å². The van der Waals surface area contributed by atoms with Crippen molar-refractivity contribution in [3.05, 3.63) is 212 Å². The number of hydrogen-bond donors (Lipinski definition) is 0. The van der Waals surface area contributed by atoms with Gasteiger partial charge in [-0.1, -0.05) is 146 Å². The Balaban J connectivity index is 1.07. The van der Waals surface area contributed by atoms with Gasteiger partial charge in [0.25, 0.3) is 0 Å². The molecular formula is C57H35N5O. The van der Waals surface area contributed by atoms with Crippen molar-refractivity contribution < 1.29 is 4.42 Å². The Bertz CT molecular complexity index is 3850. The van der Waals surface area contributed by atoms with Crippen LogP contribution in [0, 0.1) is 0 Å². The molecule has 0 aliphatic carbocycles. The van der Waals surface area contributed by atoms with Gasteiger partial charge in [0.2, 0.25) is 0 Å². The van der Waals surface area contributed by atoms with Crippen molar-refractivity contribution >= 4 is 65.6 Å². The lowest BCUT2D eigenvalue weighted by molar-refractivity contribution is 0.669. The van der Waals surface area contributed by atoms with Crippen molar-refractivity contribution in [3.8, 4) is 56.7 Å². The standard InChI is InChI=1S/C57H35N5O/c1-4-16-36(17-5-1)55-58-56(37-18-6-2-7-19-37)60-57(59-55)44-30-33-52-53(43-24-12-15-27-51(43)63-52)54(44)62-48-26-14-11-23-42(48)46-35-39(29-32-50(46)62)38-28-31-49-45(34-38)41-22-10-13-25-47(41)61(49)40-20-8-3-9-21-40/h1-35H. The maximum atomic E-state index is 6.60. The first-order chi connectivity index (χ1) is 31.2. The van der Waals surface area contributed by atoms with E-state index < -0.39 is 0 Å². The van der Waals surface area contributed by atoms with E-state index in [-0.39, 0.29) is 0 Å². The maximum Gasteiger partial charge on any atom is 0.166 e. The van der Waals surface area contributed by atoms with Gasteiger partial charge in [0.15, 0.2) is 17.5 Å². The maximum absolute atomic E-state index is 6.60. The molecule has 0 saturated carbocycles. The highest BCUT2D eigenvalue weighted by Crippen LogP contribution is 2.44. The second-order valence-electron chi connectivity index (χ2n) is 16.0. The molecule has 0 aliphatic rings. The van der Waals surface area contributed by atoms with Gasteiger partial charge in [-0.15, -0.1) is 0 Å². The summed E-state index contributed by atoms with van der Waals surface area (Å²) in [5.41, 5.74) is 13.3.